The Kier molecular flexibility index (Phi) is 7.45. The second kappa shape index (κ2) is 10.2. The van der Waals surface area contributed by atoms with E-state index < -0.39 is 0 Å². The summed E-state index contributed by atoms with van der Waals surface area (Å²) in [5.74, 6) is 1.03. The van der Waals surface area contributed by atoms with Crippen LogP contribution in [0.2, 0.25) is 0 Å². The number of thiophene rings is 1. The number of aliphatic hydroxyl groups is 1. The number of rotatable bonds is 10. The highest BCUT2D eigenvalue weighted by atomic mass is 32.1. The van der Waals surface area contributed by atoms with E-state index in [-0.39, 0.29) is 31.8 Å². The molecule has 0 saturated carbocycles. The van der Waals surface area contributed by atoms with E-state index in [0.29, 0.717) is 22.9 Å². The fourth-order valence-corrected chi connectivity index (χ4v) is 3.73. The minimum atomic E-state index is -0.335. The quantitative estimate of drug-likeness (QED) is 0.513. The molecule has 0 aliphatic rings. The molecule has 0 fully saturated rings. The summed E-state index contributed by atoms with van der Waals surface area (Å²) >= 11 is 1.55. The van der Waals surface area contributed by atoms with Crippen LogP contribution in [0.5, 0.6) is 11.5 Å². The second-order valence-corrected chi connectivity index (χ2v) is 7.23. The Morgan fingerprint density at radius 3 is 2.77 bits per heavy atom. The molecular formula is C21H25N3O5S. The minimum absolute atomic E-state index is 0.0813. The predicted molar refractivity (Wildman–Crippen MR) is 114 cm³/mol. The van der Waals surface area contributed by atoms with Gasteiger partial charge in [-0.3, -0.25) is 9.48 Å². The molecule has 0 saturated heterocycles. The van der Waals surface area contributed by atoms with Crippen molar-refractivity contribution in [3.8, 4) is 22.8 Å². The summed E-state index contributed by atoms with van der Waals surface area (Å²) in [5.41, 5.74) is 2.69. The standard InChI is InChI=1S/C21H25N3O5S/c1-24-18(11-17(23-24)16-10-15(27-2)4-5-19(16)28-3)21(26)22-12-20(29-8-7-25)14-6-9-30-13-14/h4-6,9-11,13,20,25H,7-8,12H2,1-3H3,(H,22,26). The van der Waals surface area contributed by atoms with E-state index in [9.17, 15) is 4.79 Å². The molecule has 0 aliphatic carbocycles. The Balaban J connectivity index is 1.77. The van der Waals surface area contributed by atoms with Gasteiger partial charge in [-0.15, -0.1) is 0 Å². The number of aryl methyl sites for hydroxylation is 1. The van der Waals surface area contributed by atoms with Crippen molar-refractivity contribution in [3.63, 3.8) is 0 Å². The Labute approximate surface area is 179 Å². The molecule has 0 bridgehead atoms. The number of hydrogen-bond acceptors (Lipinski definition) is 7. The van der Waals surface area contributed by atoms with Gasteiger partial charge in [-0.25, -0.2) is 0 Å². The number of aliphatic hydroxyl groups excluding tert-OH is 1. The summed E-state index contributed by atoms with van der Waals surface area (Å²) in [6.07, 6.45) is -0.335. The molecule has 3 rings (SSSR count). The molecule has 30 heavy (non-hydrogen) atoms. The maximum Gasteiger partial charge on any atom is 0.269 e. The average molecular weight is 432 g/mol. The van der Waals surface area contributed by atoms with Crippen molar-refractivity contribution in [2.75, 3.05) is 34.0 Å². The number of aromatic nitrogens is 2. The summed E-state index contributed by atoms with van der Waals surface area (Å²) in [7, 11) is 4.88. The van der Waals surface area contributed by atoms with Gasteiger partial charge in [-0.05, 0) is 46.7 Å². The lowest BCUT2D eigenvalue weighted by Gasteiger charge is -2.17. The van der Waals surface area contributed by atoms with Gasteiger partial charge in [0.2, 0.25) is 0 Å². The summed E-state index contributed by atoms with van der Waals surface area (Å²) < 4.78 is 17.9. The summed E-state index contributed by atoms with van der Waals surface area (Å²) in [4.78, 5) is 12.8. The van der Waals surface area contributed by atoms with Crippen LogP contribution < -0.4 is 14.8 Å². The zero-order valence-electron chi connectivity index (χ0n) is 17.1. The van der Waals surface area contributed by atoms with Crippen LogP contribution in [0, 0.1) is 0 Å². The van der Waals surface area contributed by atoms with Crippen molar-refractivity contribution in [3.05, 3.63) is 52.3 Å². The molecule has 1 amide bonds. The number of methoxy groups -OCH3 is 2. The molecule has 0 radical (unpaired) electrons. The van der Waals surface area contributed by atoms with Crippen LogP contribution in [-0.4, -0.2) is 54.8 Å². The Morgan fingerprint density at radius 1 is 1.27 bits per heavy atom. The Bertz CT molecular complexity index is 971. The highest BCUT2D eigenvalue weighted by Crippen LogP contribution is 2.33. The molecule has 2 N–H and O–H groups in total. The van der Waals surface area contributed by atoms with E-state index in [4.69, 9.17) is 19.3 Å². The molecule has 0 aliphatic heterocycles. The number of carbonyl (C=O) groups excluding carboxylic acids is 1. The molecule has 1 unspecified atom stereocenters. The topological polar surface area (TPSA) is 94.8 Å². The van der Waals surface area contributed by atoms with Crippen LogP contribution >= 0.6 is 11.3 Å². The van der Waals surface area contributed by atoms with E-state index in [1.165, 1.54) is 4.68 Å². The molecule has 2 aromatic heterocycles. The summed E-state index contributed by atoms with van der Waals surface area (Å²) in [5, 5.41) is 20.3. The third-order valence-corrected chi connectivity index (χ3v) is 5.27. The fraction of sp³-hybridized carbons (Fsp3) is 0.333. The van der Waals surface area contributed by atoms with E-state index >= 15 is 0 Å². The molecule has 1 atom stereocenters. The zero-order valence-corrected chi connectivity index (χ0v) is 17.9. The van der Waals surface area contributed by atoms with Gasteiger partial charge in [0.1, 0.15) is 23.3 Å². The molecular weight excluding hydrogens is 406 g/mol. The fourth-order valence-electron chi connectivity index (χ4n) is 3.03. The SMILES string of the molecule is COc1ccc(OC)c(-c2cc(C(=O)NCC(OCCO)c3ccsc3)n(C)n2)c1. The van der Waals surface area contributed by atoms with Crippen molar-refractivity contribution in [1.29, 1.82) is 0 Å². The van der Waals surface area contributed by atoms with E-state index in [0.717, 1.165) is 11.1 Å². The molecule has 2 heterocycles. The molecule has 3 aromatic rings. The molecule has 0 spiro atoms. The van der Waals surface area contributed by atoms with Crippen LogP contribution in [0.1, 0.15) is 22.2 Å². The van der Waals surface area contributed by atoms with Gasteiger partial charge < -0.3 is 24.6 Å². The van der Waals surface area contributed by atoms with Crippen LogP contribution in [0.4, 0.5) is 0 Å². The van der Waals surface area contributed by atoms with Gasteiger partial charge in [-0.1, -0.05) is 0 Å². The highest BCUT2D eigenvalue weighted by Gasteiger charge is 2.19. The van der Waals surface area contributed by atoms with Crippen LogP contribution in [0.3, 0.4) is 0 Å². The first-order valence-corrected chi connectivity index (χ1v) is 10.3. The van der Waals surface area contributed by atoms with Gasteiger partial charge in [0.25, 0.3) is 5.91 Å². The first kappa shape index (κ1) is 21.8. The van der Waals surface area contributed by atoms with Crippen molar-refractivity contribution >= 4 is 17.2 Å². The Morgan fingerprint density at radius 2 is 2.10 bits per heavy atom. The van der Waals surface area contributed by atoms with Crippen molar-refractivity contribution in [2.24, 2.45) is 7.05 Å². The highest BCUT2D eigenvalue weighted by molar-refractivity contribution is 7.07. The van der Waals surface area contributed by atoms with Crippen LogP contribution in [0.15, 0.2) is 41.1 Å². The molecule has 8 nitrogen and oxygen atoms in total. The lowest BCUT2D eigenvalue weighted by atomic mass is 10.1. The normalized spacial score (nSPS) is 11.9. The van der Waals surface area contributed by atoms with E-state index in [2.05, 4.69) is 10.4 Å². The van der Waals surface area contributed by atoms with E-state index in [1.807, 2.05) is 22.9 Å². The summed E-state index contributed by atoms with van der Waals surface area (Å²) in [6, 6.07) is 9.07. The van der Waals surface area contributed by atoms with Crippen LogP contribution in [-0.2, 0) is 11.8 Å². The number of hydrogen-bond donors (Lipinski definition) is 2. The summed E-state index contributed by atoms with van der Waals surface area (Å²) in [6.45, 7) is 0.391. The van der Waals surface area contributed by atoms with Gasteiger partial charge >= 0.3 is 0 Å². The lowest BCUT2D eigenvalue weighted by Crippen LogP contribution is -2.31. The average Bonchev–Trinajstić information content (AvgIpc) is 3.43. The second-order valence-electron chi connectivity index (χ2n) is 6.45. The number of carbonyl (C=O) groups is 1. The van der Waals surface area contributed by atoms with Gasteiger partial charge in [0, 0.05) is 19.2 Å². The van der Waals surface area contributed by atoms with Gasteiger partial charge in [0.05, 0.1) is 33.1 Å². The monoisotopic (exact) mass is 431 g/mol. The first-order valence-electron chi connectivity index (χ1n) is 9.36. The zero-order chi connectivity index (χ0) is 21.5. The minimum Gasteiger partial charge on any atom is -0.497 e. The van der Waals surface area contributed by atoms with Crippen LogP contribution in [0.25, 0.3) is 11.3 Å². The third-order valence-electron chi connectivity index (χ3n) is 4.57. The van der Waals surface area contributed by atoms with Gasteiger partial charge in [0.15, 0.2) is 0 Å². The van der Waals surface area contributed by atoms with Gasteiger partial charge in [-0.2, -0.15) is 16.4 Å². The Hall–Kier alpha value is -2.88. The van der Waals surface area contributed by atoms with Crippen molar-refractivity contribution in [1.82, 2.24) is 15.1 Å². The largest absolute Gasteiger partial charge is 0.497 e. The van der Waals surface area contributed by atoms with E-state index in [1.54, 1.807) is 50.8 Å². The number of ether oxygens (including phenoxy) is 3. The number of nitrogens with one attached hydrogen (secondary N) is 1. The third kappa shape index (κ3) is 4.99. The smallest absolute Gasteiger partial charge is 0.269 e. The molecule has 1 aromatic carbocycles. The number of benzene rings is 1. The maximum absolute atomic E-state index is 12.8. The number of amides is 1. The number of nitrogens with zero attached hydrogens (tertiary/aromatic N) is 2. The first-order chi connectivity index (χ1) is 14.6. The van der Waals surface area contributed by atoms with Crippen molar-refractivity contribution in [2.45, 2.75) is 6.10 Å². The van der Waals surface area contributed by atoms with Crippen molar-refractivity contribution < 1.29 is 24.1 Å². The maximum atomic E-state index is 12.8. The molecule has 9 heteroatoms. The lowest BCUT2D eigenvalue weighted by molar-refractivity contribution is 0.0278. The molecule has 160 valence electrons. The predicted octanol–water partition coefficient (Wildman–Crippen LogP) is 2.65.